The summed E-state index contributed by atoms with van der Waals surface area (Å²) in [6, 6.07) is 12.3. The van der Waals surface area contributed by atoms with Crippen molar-refractivity contribution in [2.45, 2.75) is 12.0 Å². The number of fused-ring (bicyclic) bond motifs is 1. The van der Waals surface area contributed by atoms with Crippen LogP contribution >= 0.6 is 0 Å². The lowest BCUT2D eigenvalue weighted by Crippen LogP contribution is -2.60. The molecule has 0 atom stereocenters. The van der Waals surface area contributed by atoms with E-state index in [0.717, 1.165) is 16.7 Å². The summed E-state index contributed by atoms with van der Waals surface area (Å²) in [5.74, 6) is 0.856. The van der Waals surface area contributed by atoms with Gasteiger partial charge in [-0.1, -0.05) is 30.3 Å². The highest BCUT2D eigenvalue weighted by molar-refractivity contribution is 5.87. The minimum atomic E-state index is -0.628. The van der Waals surface area contributed by atoms with Gasteiger partial charge < -0.3 is 15.2 Å². The largest absolute Gasteiger partial charge is 0.496 e. The van der Waals surface area contributed by atoms with E-state index < -0.39 is 5.60 Å². The fraction of sp³-hybridized carbons (Fsp3) is 0.333. The number of ether oxygens (including phenoxy) is 1. The van der Waals surface area contributed by atoms with Gasteiger partial charge in [0.2, 0.25) is 0 Å². The Hall–Kier alpha value is -1.58. The molecule has 0 bridgehead atoms. The average molecular weight is 243 g/mol. The molecule has 0 aromatic heterocycles. The second-order valence-corrected chi connectivity index (χ2v) is 4.97. The van der Waals surface area contributed by atoms with Crippen molar-refractivity contribution in [3.05, 3.63) is 42.0 Å². The van der Waals surface area contributed by atoms with Crippen molar-refractivity contribution in [2.24, 2.45) is 0 Å². The molecule has 0 aliphatic carbocycles. The van der Waals surface area contributed by atoms with Crippen molar-refractivity contribution < 1.29 is 9.84 Å². The van der Waals surface area contributed by atoms with Gasteiger partial charge in [-0.25, -0.2) is 0 Å². The maximum absolute atomic E-state index is 10.3. The molecular weight excluding hydrogens is 226 g/mol. The number of hydrogen-bond acceptors (Lipinski definition) is 3. The number of β-amino-alcohol motifs (C(OH)–C–C–N with tert-alkyl or cyclic N) is 1. The topological polar surface area (TPSA) is 41.5 Å². The van der Waals surface area contributed by atoms with E-state index in [2.05, 4.69) is 23.5 Å². The van der Waals surface area contributed by atoms with Gasteiger partial charge in [0.25, 0.3) is 0 Å². The van der Waals surface area contributed by atoms with Gasteiger partial charge in [0.15, 0.2) is 0 Å². The second kappa shape index (κ2) is 4.26. The summed E-state index contributed by atoms with van der Waals surface area (Å²) in [5, 5.41) is 15.8. The maximum Gasteiger partial charge on any atom is 0.122 e. The van der Waals surface area contributed by atoms with Crippen molar-refractivity contribution in [3.63, 3.8) is 0 Å². The molecule has 3 rings (SSSR count). The van der Waals surface area contributed by atoms with E-state index in [4.69, 9.17) is 4.74 Å². The van der Waals surface area contributed by atoms with Crippen molar-refractivity contribution >= 4 is 10.8 Å². The van der Waals surface area contributed by atoms with Crippen LogP contribution in [0.2, 0.25) is 0 Å². The SMILES string of the molecule is COc1ccc2ccccc2c1CC1(O)CNC1. The number of aliphatic hydroxyl groups is 1. The standard InChI is InChI=1S/C15H17NO2/c1-18-14-7-6-11-4-2-3-5-12(11)13(14)8-15(17)9-16-10-15/h2-7,16-17H,8-10H2,1H3. The van der Waals surface area contributed by atoms with Gasteiger partial charge in [-0.05, 0) is 16.8 Å². The van der Waals surface area contributed by atoms with Crippen molar-refractivity contribution in [2.75, 3.05) is 20.2 Å². The normalized spacial score (nSPS) is 17.4. The van der Waals surface area contributed by atoms with Crippen LogP contribution in [0.1, 0.15) is 5.56 Å². The Labute approximate surface area is 106 Å². The monoisotopic (exact) mass is 243 g/mol. The van der Waals surface area contributed by atoms with Crippen LogP contribution in [0, 0.1) is 0 Å². The minimum Gasteiger partial charge on any atom is -0.496 e. The van der Waals surface area contributed by atoms with Crippen molar-refractivity contribution in [1.29, 1.82) is 0 Å². The first-order valence-electron chi connectivity index (χ1n) is 6.20. The third-order valence-corrected chi connectivity index (χ3v) is 3.63. The number of hydrogen-bond donors (Lipinski definition) is 2. The van der Waals surface area contributed by atoms with E-state index >= 15 is 0 Å². The zero-order chi connectivity index (χ0) is 12.6. The van der Waals surface area contributed by atoms with E-state index in [1.165, 1.54) is 5.39 Å². The fourth-order valence-electron chi connectivity index (χ4n) is 2.56. The summed E-state index contributed by atoms with van der Waals surface area (Å²) in [4.78, 5) is 0. The summed E-state index contributed by atoms with van der Waals surface area (Å²) in [5.41, 5.74) is 0.469. The molecule has 1 aliphatic heterocycles. The van der Waals surface area contributed by atoms with Gasteiger partial charge in [-0.15, -0.1) is 0 Å². The molecule has 3 nitrogen and oxygen atoms in total. The van der Waals surface area contributed by atoms with Gasteiger partial charge in [-0.2, -0.15) is 0 Å². The van der Waals surface area contributed by atoms with Crippen LogP contribution in [0.25, 0.3) is 10.8 Å². The van der Waals surface area contributed by atoms with Crippen LogP contribution in [-0.4, -0.2) is 30.9 Å². The summed E-state index contributed by atoms with van der Waals surface area (Å²) in [6.45, 7) is 1.30. The van der Waals surface area contributed by atoms with Gasteiger partial charge in [0.1, 0.15) is 5.75 Å². The van der Waals surface area contributed by atoms with Crippen LogP contribution in [-0.2, 0) is 6.42 Å². The molecule has 1 fully saturated rings. The van der Waals surface area contributed by atoms with E-state index in [0.29, 0.717) is 19.5 Å². The molecule has 1 saturated heterocycles. The molecular formula is C15H17NO2. The average Bonchev–Trinajstić information content (AvgIpc) is 2.37. The lowest BCUT2D eigenvalue weighted by atomic mass is 9.86. The molecule has 0 radical (unpaired) electrons. The molecule has 2 N–H and O–H groups in total. The van der Waals surface area contributed by atoms with Crippen LogP contribution in [0.15, 0.2) is 36.4 Å². The van der Waals surface area contributed by atoms with Crippen LogP contribution < -0.4 is 10.1 Å². The Balaban J connectivity index is 2.11. The van der Waals surface area contributed by atoms with Crippen molar-refractivity contribution in [3.8, 4) is 5.75 Å². The highest BCUT2D eigenvalue weighted by atomic mass is 16.5. The Bertz CT molecular complexity index is 576. The molecule has 0 spiro atoms. The number of benzene rings is 2. The third kappa shape index (κ3) is 1.85. The molecule has 2 aromatic carbocycles. The highest BCUT2D eigenvalue weighted by Gasteiger charge is 2.35. The lowest BCUT2D eigenvalue weighted by Gasteiger charge is -2.38. The van der Waals surface area contributed by atoms with Crippen LogP contribution in [0.3, 0.4) is 0 Å². The van der Waals surface area contributed by atoms with E-state index in [9.17, 15) is 5.11 Å². The smallest absolute Gasteiger partial charge is 0.122 e. The van der Waals surface area contributed by atoms with E-state index in [-0.39, 0.29) is 0 Å². The lowest BCUT2D eigenvalue weighted by molar-refractivity contribution is -0.00914. The Morgan fingerprint density at radius 1 is 1.22 bits per heavy atom. The molecule has 0 unspecified atom stereocenters. The number of methoxy groups -OCH3 is 1. The van der Waals surface area contributed by atoms with E-state index in [1.807, 2.05) is 18.2 Å². The molecule has 1 aliphatic rings. The van der Waals surface area contributed by atoms with Crippen LogP contribution in [0.4, 0.5) is 0 Å². The van der Waals surface area contributed by atoms with Gasteiger partial charge in [0.05, 0.1) is 12.7 Å². The van der Waals surface area contributed by atoms with Gasteiger partial charge in [0, 0.05) is 25.1 Å². The molecule has 2 aromatic rings. The second-order valence-electron chi connectivity index (χ2n) is 4.97. The highest BCUT2D eigenvalue weighted by Crippen LogP contribution is 2.32. The molecule has 18 heavy (non-hydrogen) atoms. The molecule has 94 valence electrons. The first kappa shape index (κ1) is 11.5. The predicted octanol–water partition coefficient (Wildman–Crippen LogP) is 1.73. The van der Waals surface area contributed by atoms with Gasteiger partial charge >= 0.3 is 0 Å². The first-order chi connectivity index (χ1) is 8.72. The quantitative estimate of drug-likeness (QED) is 0.862. The Kier molecular flexibility index (Phi) is 2.73. The summed E-state index contributed by atoms with van der Waals surface area (Å²) < 4.78 is 5.44. The number of rotatable bonds is 3. The molecule has 1 heterocycles. The molecule has 0 amide bonds. The zero-order valence-electron chi connectivity index (χ0n) is 10.4. The third-order valence-electron chi connectivity index (χ3n) is 3.63. The van der Waals surface area contributed by atoms with Crippen molar-refractivity contribution in [1.82, 2.24) is 5.32 Å². The zero-order valence-corrected chi connectivity index (χ0v) is 10.4. The maximum atomic E-state index is 10.3. The number of nitrogens with one attached hydrogen (secondary N) is 1. The Morgan fingerprint density at radius 2 is 2.00 bits per heavy atom. The molecule has 3 heteroatoms. The van der Waals surface area contributed by atoms with Gasteiger partial charge in [-0.3, -0.25) is 0 Å². The Morgan fingerprint density at radius 3 is 2.67 bits per heavy atom. The summed E-state index contributed by atoms with van der Waals surface area (Å²) in [6.07, 6.45) is 0.629. The molecule has 0 saturated carbocycles. The fourth-order valence-corrected chi connectivity index (χ4v) is 2.56. The van der Waals surface area contributed by atoms with Crippen LogP contribution in [0.5, 0.6) is 5.75 Å². The predicted molar refractivity (Wildman–Crippen MR) is 72.0 cm³/mol. The van der Waals surface area contributed by atoms with E-state index in [1.54, 1.807) is 7.11 Å². The summed E-state index contributed by atoms with van der Waals surface area (Å²) >= 11 is 0. The summed E-state index contributed by atoms with van der Waals surface area (Å²) in [7, 11) is 1.68. The minimum absolute atomic E-state index is 0.628. The first-order valence-corrected chi connectivity index (χ1v) is 6.20.